The van der Waals surface area contributed by atoms with Gasteiger partial charge in [0.15, 0.2) is 0 Å². The molecule has 0 bridgehead atoms. The molecule has 0 radical (unpaired) electrons. The van der Waals surface area contributed by atoms with E-state index in [2.05, 4.69) is 10.1 Å². The first-order valence-electron chi connectivity index (χ1n) is 4.65. The molecule has 0 spiro atoms. The van der Waals surface area contributed by atoms with Crippen molar-refractivity contribution in [3.05, 3.63) is 0 Å². The Labute approximate surface area is 87.2 Å². The van der Waals surface area contributed by atoms with Gasteiger partial charge in [-0.1, -0.05) is 6.92 Å². The number of hydrogen-bond acceptors (Lipinski definition) is 3. The molecule has 0 aromatic carbocycles. The fourth-order valence-corrected chi connectivity index (χ4v) is 0.829. The number of amides is 1. The molecule has 1 amide bonds. The van der Waals surface area contributed by atoms with E-state index in [1.54, 1.807) is 6.92 Å². The quantitative estimate of drug-likeness (QED) is 0.653. The normalized spacial score (nSPS) is 12.2. The lowest BCUT2D eigenvalue weighted by Crippen LogP contribution is -2.33. The molecule has 0 aromatic heterocycles. The number of nitriles is 1. The second-order valence-electron chi connectivity index (χ2n) is 2.87. The summed E-state index contributed by atoms with van der Waals surface area (Å²) < 4.78 is 27.7. The zero-order valence-corrected chi connectivity index (χ0v) is 8.50. The second kappa shape index (κ2) is 8.12. The van der Waals surface area contributed by atoms with Crippen LogP contribution in [0, 0.1) is 11.3 Å². The molecule has 0 fully saturated rings. The molecule has 1 N–H and O–H groups in total. The summed E-state index contributed by atoms with van der Waals surface area (Å²) in [5.41, 5.74) is 0. The number of nitrogens with zero attached hydrogens (tertiary/aromatic N) is 1. The molecule has 1 unspecified atom stereocenters. The predicted molar refractivity (Wildman–Crippen MR) is 49.3 cm³/mol. The Balaban J connectivity index is 3.54. The molecular formula is C9H14F2N2O2. The number of carbonyl (C=O) groups is 1. The van der Waals surface area contributed by atoms with Crippen molar-refractivity contribution in [1.29, 1.82) is 5.26 Å². The topological polar surface area (TPSA) is 62.1 Å². The SMILES string of the molecule is CCC(C#N)NC(=O)CCOCC(F)F. The van der Waals surface area contributed by atoms with Crippen LogP contribution < -0.4 is 5.32 Å². The molecule has 0 heterocycles. The summed E-state index contributed by atoms with van der Waals surface area (Å²) in [5, 5.41) is 11.0. The van der Waals surface area contributed by atoms with Crippen LogP contribution in [0.3, 0.4) is 0 Å². The molecule has 0 saturated carbocycles. The fraction of sp³-hybridized carbons (Fsp3) is 0.778. The summed E-state index contributed by atoms with van der Waals surface area (Å²) in [4.78, 5) is 11.1. The van der Waals surface area contributed by atoms with E-state index >= 15 is 0 Å². The summed E-state index contributed by atoms with van der Waals surface area (Å²) in [6, 6.07) is 1.38. The van der Waals surface area contributed by atoms with Crippen LogP contribution in [-0.4, -0.2) is 31.6 Å². The van der Waals surface area contributed by atoms with Gasteiger partial charge in [0.1, 0.15) is 12.6 Å². The van der Waals surface area contributed by atoms with Gasteiger partial charge in [-0.15, -0.1) is 0 Å². The second-order valence-corrected chi connectivity index (χ2v) is 2.87. The average Bonchev–Trinajstić information content (AvgIpc) is 2.20. The van der Waals surface area contributed by atoms with Gasteiger partial charge in [0.25, 0.3) is 6.43 Å². The van der Waals surface area contributed by atoms with Gasteiger partial charge >= 0.3 is 0 Å². The van der Waals surface area contributed by atoms with Crippen LogP contribution in [0.4, 0.5) is 8.78 Å². The smallest absolute Gasteiger partial charge is 0.261 e. The highest BCUT2D eigenvalue weighted by Gasteiger charge is 2.09. The Bertz CT molecular complexity index is 229. The van der Waals surface area contributed by atoms with Gasteiger partial charge in [0.2, 0.25) is 5.91 Å². The van der Waals surface area contributed by atoms with Crippen LogP contribution >= 0.6 is 0 Å². The van der Waals surface area contributed by atoms with Gasteiger partial charge in [-0.05, 0) is 6.42 Å². The Morgan fingerprint density at radius 2 is 2.27 bits per heavy atom. The molecule has 0 aromatic rings. The number of nitrogens with one attached hydrogen (secondary N) is 1. The third kappa shape index (κ3) is 7.82. The first-order chi connectivity index (χ1) is 7.10. The van der Waals surface area contributed by atoms with E-state index in [0.717, 1.165) is 0 Å². The van der Waals surface area contributed by atoms with E-state index in [0.29, 0.717) is 6.42 Å². The van der Waals surface area contributed by atoms with E-state index in [1.807, 2.05) is 6.07 Å². The lowest BCUT2D eigenvalue weighted by atomic mass is 10.2. The van der Waals surface area contributed by atoms with Crippen molar-refractivity contribution in [2.45, 2.75) is 32.2 Å². The molecular weight excluding hydrogens is 206 g/mol. The molecule has 86 valence electrons. The third-order valence-corrected chi connectivity index (χ3v) is 1.62. The minimum absolute atomic E-state index is 0.00903. The van der Waals surface area contributed by atoms with Crippen molar-refractivity contribution in [2.75, 3.05) is 13.2 Å². The van der Waals surface area contributed by atoms with E-state index in [4.69, 9.17) is 5.26 Å². The van der Waals surface area contributed by atoms with Gasteiger partial charge in [0, 0.05) is 6.42 Å². The summed E-state index contributed by atoms with van der Waals surface area (Å²) in [5.74, 6) is -0.363. The number of halogens is 2. The highest BCUT2D eigenvalue weighted by atomic mass is 19.3. The van der Waals surface area contributed by atoms with Crippen LogP contribution in [0.5, 0.6) is 0 Å². The first kappa shape index (κ1) is 13.8. The zero-order valence-electron chi connectivity index (χ0n) is 8.50. The van der Waals surface area contributed by atoms with E-state index in [9.17, 15) is 13.6 Å². The van der Waals surface area contributed by atoms with E-state index in [1.165, 1.54) is 0 Å². The minimum atomic E-state index is -2.52. The lowest BCUT2D eigenvalue weighted by Gasteiger charge is -2.08. The summed E-state index contributed by atoms with van der Waals surface area (Å²) in [7, 11) is 0. The van der Waals surface area contributed by atoms with Gasteiger partial charge in [0.05, 0.1) is 12.7 Å². The molecule has 6 heteroatoms. The Kier molecular flexibility index (Phi) is 7.46. The maximum atomic E-state index is 11.6. The van der Waals surface area contributed by atoms with Crippen LogP contribution in [0.25, 0.3) is 0 Å². The third-order valence-electron chi connectivity index (χ3n) is 1.62. The molecule has 1 atom stereocenters. The number of ether oxygens (including phenoxy) is 1. The van der Waals surface area contributed by atoms with Crippen molar-refractivity contribution in [3.8, 4) is 6.07 Å². The molecule has 15 heavy (non-hydrogen) atoms. The van der Waals surface area contributed by atoms with Crippen molar-refractivity contribution >= 4 is 5.91 Å². The number of carbonyl (C=O) groups excluding carboxylic acids is 1. The molecule has 0 aliphatic heterocycles. The fourth-order valence-electron chi connectivity index (χ4n) is 0.829. The predicted octanol–water partition coefficient (Wildman–Crippen LogP) is 1.08. The summed E-state index contributed by atoms with van der Waals surface area (Å²) in [6.45, 7) is 1.04. The maximum absolute atomic E-state index is 11.6. The van der Waals surface area contributed by atoms with Gasteiger partial charge < -0.3 is 10.1 Å². The van der Waals surface area contributed by atoms with Crippen LogP contribution in [0.15, 0.2) is 0 Å². The van der Waals surface area contributed by atoms with Crippen molar-refractivity contribution < 1.29 is 18.3 Å². The van der Waals surface area contributed by atoms with Gasteiger partial charge in [-0.2, -0.15) is 5.26 Å². The minimum Gasteiger partial charge on any atom is -0.375 e. The largest absolute Gasteiger partial charge is 0.375 e. The highest BCUT2D eigenvalue weighted by Crippen LogP contribution is 1.94. The van der Waals surface area contributed by atoms with Crippen molar-refractivity contribution in [2.24, 2.45) is 0 Å². The average molecular weight is 220 g/mol. The molecule has 0 aliphatic carbocycles. The Hall–Kier alpha value is -1.22. The van der Waals surface area contributed by atoms with Crippen molar-refractivity contribution in [1.82, 2.24) is 5.32 Å². The monoisotopic (exact) mass is 220 g/mol. The van der Waals surface area contributed by atoms with Gasteiger partial charge in [-0.3, -0.25) is 4.79 Å². The lowest BCUT2D eigenvalue weighted by molar-refractivity contribution is -0.123. The van der Waals surface area contributed by atoms with E-state index < -0.39 is 19.1 Å². The van der Waals surface area contributed by atoms with E-state index in [-0.39, 0.29) is 18.9 Å². The molecule has 0 rings (SSSR count). The number of hydrogen-bond donors (Lipinski definition) is 1. The van der Waals surface area contributed by atoms with Crippen molar-refractivity contribution in [3.63, 3.8) is 0 Å². The zero-order chi connectivity index (χ0) is 11.7. The number of alkyl halides is 2. The highest BCUT2D eigenvalue weighted by molar-refractivity contribution is 5.76. The molecule has 0 aliphatic rings. The molecule has 4 nitrogen and oxygen atoms in total. The molecule has 0 saturated heterocycles. The standard InChI is InChI=1S/C9H14F2N2O2/c1-2-7(5-12)13-9(14)3-4-15-6-8(10)11/h7-8H,2-4,6H2,1H3,(H,13,14). The summed E-state index contributed by atoms with van der Waals surface area (Å²) >= 11 is 0. The Morgan fingerprint density at radius 1 is 1.60 bits per heavy atom. The van der Waals surface area contributed by atoms with Crippen LogP contribution in [0.2, 0.25) is 0 Å². The Morgan fingerprint density at radius 3 is 2.73 bits per heavy atom. The van der Waals surface area contributed by atoms with Gasteiger partial charge in [-0.25, -0.2) is 8.78 Å². The first-order valence-corrected chi connectivity index (χ1v) is 4.65. The van der Waals surface area contributed by atoms with Crippen LogP contribution in [-0.2, 0) is 9.53 Å². The number of rotatable bonds is 7. The van der Waals surface area contributed by atoms with Crippen LogP contribution in [0.1, 0.15) is 19.8 Å². The maximum Gasteiger partial charge on any atom is 0.261 e. The summed E-state index contributed by atoms with van der Waals surface area (Å²) in [6.07, 6.45) is -2.01.